The predicted molar refractivity (Wildman–Crippen MR) is 80.9 cm³/mol. The summed E-state index contributed by atoms with van der Waals surface area (Å²) in [4.78, 5) is 8.61. The minimum absolute atomic E-state index is 0.698. The summed E-state index contributed by atoms with van der Waals surface area (Å²) in [5.74, 6) is 1.61. The van der Waals surface area contributed by atoms with E-state index >= 15 is 0 Å². The third-order valence-electron chi connectivity index (χ3n) is 2.91. The first-order valence-electron chi connectivity index (χ1n) is 6.69. The van der Waals surface area contributed by atoms with Crippen LogP contribution < -0.4 is 5.32 Å². The maximum absolute atomic E-state index is 5.58. The van der Waals surface area contributed by atoms with Crippen LogP contribution in [0.5, 0.6) is 0 Å². The van der Waals surface area contributed by atoms with Crippen molar-refractivity contribution in [2.24, 2.45) is 5.92 Å². The molecule has 0 aromatic carbocycles. The van der Waals surface area contributed by atoms with Crippen LogP contribution in [-0.4, -0.2) is 29.7 Å². The number of thiophene rings is 1. The second-order valence-corrected chi connectivity index (χ2v) is 5.92. The van der Waals surface area contributed by atoms with Gasteiger partial charge in [-0.3, -0.25) is 0 Å². The quantitative estimate of drug-likeness (QED) is 0.788. The largest absolute Gasteiger partial charge is 0.380 e. The van der Waals surface area contributed by atoms with Gasteiger partial charge in [0, 0.05) is 13.2 Å². The van der Waals surface area contributed by atoms with Gasteiger partial charge in [0.2, 0.25) is 0 Å². The molecule has 0 atom stereocenters. The van der Waals surface area contributed by atoms with Crippen molar-refractivity contribution >= 4 is 27.4 Å². The molecular weight excluding hydrogens is 258 g/mol. The molecule has 2 rings (SSSR count). The summed E-state index contributed by atoms with van der Waals surface area (Å²) in [6, 6.07) is 0. The molecule has 0 unspecified atom stereocenters. The lowest BCUT2D eigenvalue weighted by Gasteiger charge is -2.08. The maximum Gasteiger partial charge on any atom is 0.147 e. The molecule has 1 N–H and O–H groups in total. The summed E-state index contributed by atoms with van der Waals surface area (Å²) in [6.45, 7) is 8.81. The lowest BCUT2D eigenvalue weighted by molar-refractivity contribution is 0.132. The Morgan fingerprint density at radius 1 is 1.32 bits per heavy atom. The number of aryl methyl sites for hydroxylation is 1. The molecule has 5 heteroatoms. The van der Waals surface area contributed by atoms with Crippen molar-refractivity contribution in [3.05, 3.63) is 17.3 Å². The summed E-state index contributed by atoms with van der Waals surface area (Å²) in [5, 5.41) is 5.44. The Morgan fingerprint density at radius 2 is 2.16 bits per heavy atom. The first kappa shape index (κ1) is 14.2. The predicted octanol–water partition coefficient (Wildman–Crippen LogP) is 3.47. The van der Waals surface area contributed by atoms with Crippen LogP contribution in [0.1, 0.15) is 25.8 Å². The molecule has 0 radical (unpaired) electrons. The molecule has 0 saturated carbocycles. The Hall–Kier alpha value is -1.20. The molecule has 19 heavy (non-hydrogen) atoms. The van der Waals surface area contributed by atoms with E-state index in [2.05, 4.69) is 41.4 Å². The van der Waals surface area contributed by atoms with Gasteiger partial charge in [-0.25, -0.2) is 9.97 Å². The molecule has 4 nitrogen and oxygen atoms in total. The summed E-state index contributed by atoms with van der Waals surface area (Å²) in [5.41, 5.74) is 2.25. The molecule has 104 valence electrons. The number of nitrogens with zero attached hydrogens (tertiary/aromatic N) is 2. The third kappa shape index (κ3) is 3.88. The smallest absolute Gasteiger partial charge is 0.147 e. The van der Waals surface area contributed by atoms with Crippen LogP contribution in [-0.2, 0) is 4.74 Å². The Kier molecular flexibility index (Phi) is 5.10. The van der Waals surface area contributed by atoms with Crippen molar-refractivity contribution in [3.63, 3.8) is 0 Å². The molecule has 0 bridgehead atoms. The van der Waals surface area contributed by atoms with Crippen molar-refractivity contribution < 1.29 is 4.74 Å². The molecule has 2 aromatic rings. The van der Waals surface area contributed by atoms with Gasteiger partial charge in [-0.05, 0) is 30.2 Å². The van der Waals surface area contributed by atoms with E-state index in [4.69, 9.17) is 4.74 Å². The number of fused-ring (bicyclic) bond motifs is 1. The highest BCUT2D eigenvalue weighted by atomic mass is 32.1. The zero-order valence-electron chi connectivity index (χ0n) is 11.8. The highest BCUT2D eigenvalue weighted by molar-refractivity contribution is 7.18. The maximum atomic E-state index is 5.58. The Balaban J connectivity index is 1.82. The average molecular weight is 279 g/mol. The first-order chi connectivity index (χ1) is 9.18. The lowest BCUT2D eigenvalue weighted by atomic mass is 10.1. The van der Waals surface area contributed by atoms with Crippen molar-refractivity contribution in [2.45, 2.75) is 27.2 Å². The number of hydrogen-bond donors (Lipinski definition) is 1. The number of rotatable bonds is 7. The van der Waals surface area contributed by atoms with Gasteiger partial charge < -0.3 is 10.1 Å². The number of aromatic nitrogens is 2. The monoisotopic (exact) mass is 279 g/mol. The summed E-state index contributed by atoms with van der Waals surface area (Å²) < 4.78 is 6.71. The molecule has 0 aliphatic heterocycles. The van der Waals surface area contributed by atoms with Crippen molar-refractivity contribution in [2.75, 3.05) is 25.1 Å². The fourth-order valence-electron chi connectivity index (χ4n) is 1.76. The van der Waals surface area contributed by atoms with Crippen LogP contribution in [0, 0.1) is 12.8 Å². The number of anilines is 1. The van der Waals surface area contributed by atoms with Gasteiger partial charge in [-0.1, -0.05) is 13.8 Å². The van der Waals surface area contributed by atoms with E-state index in [9.17, 15) is 0 Å². The second kappa shape index (κ2) is 6.82. The molecule has 0 aliphatic rings. The number of ether oxygens (including phenoxy) is 1. The fraction of sp³-hybridized carbons (Fsp3) is 0.571. The molecule has 0 aliphatic carbocycles. The van der Waals surface area contributed by atoms with Gasteiger partial charge in [-0.15, -0.1) is 11.3 Å². The van der Waals surface area contributed by atoms with Crippen molar-refractivity contribution in [1.82, 2.24) is 9.97 Å². The van der Waals surface area contributed by atoms with E-state index in [0.29, 0.717) is 12.5 Å². The van der Waals surface area contributed by atoms with Crippen LogP contribution in [0.2, 0.25) is 0 Å². The SMILES string of the molecule is Cc1csc2c(NCCOCCC(C)C)ncnc12. The molecule has 2 heterocycles. The second-order valence-electron chi connectivity index (χ2n) is 5.04. The summed E-state index contributed by atoms with van der Waals surface area (Å²) in [7, 11) is 0. The van der Waals surface area contributed by atoms with E-state index in [-0.39, 0.29) is 0 Å². The van der Waals surface area contributed by atoms with E-state index in [1.807, 2.05) is 0 Å². The normalized spacial score (nSPS) is 11.4. The van der Waals surface area contributed by atoms with E-state index in [1.165, 1.54) is 5.56 Å². The van der Waals surface area contributed by atoms with Crippen LogP contribution in [0.15, 0.2) is 11.7 Å². The number of nitrogens with one attached hydrogen (secondary N) is 1. The van der Waals surface area contributed by atoms with Gasteiger partial charge in [0.25, 0.3) is 0 Å². The molecule has 0 saturated heterocycles. The van der Waals surface area contributed by atoms with Gasteiger partial charge >= 0.3 is 0 Å². The Morgan fingerprint density at radius 3 is 2.95 bits per heavy atom. The van der Waals surface area contributed by atoms with Crippen LogP contribution in [0.4, 0.5) is 5.82 Å². The first-order valence-corrected chi connectivity index (χ1v) is 7.57. The Labute approximate surface area is 118 Å². The van der Waals surface area contributed by atoms with Gasteiger partial charge in [0.1, 0.15) is 12.1 Å². The van der Waals surface area contributed by atoms with Gasteiger partial charge in [0.15, 0.2) is 0 Å². The molecule has 0 amide bonds. The lowest BCUT2D eigenvalue weighted by Crippen LogP contribution is -2.11. The zero-order valence-corrected chi connectivity index (χ0v) is 12.6. The standard InChI is InChI=1S/C14H21N3OS/c1-10(2)4-6-18-7-5-15-14-13-12(16-9-17-14)11(3)8-19-13/h8-10H,4-7H2,1-3H3,(H,15,16,17). The van der Waals surface area contributed by atoms with Crippen LogP contribution in [0.3, 0.4) is 0 Å². The van der Waals surface area contributed by atoms with Crippen LogP contribution >= 0.6 is 11.3 Å². The molecule has 0 spiro atoms. The molecular formula is C14H21N3OS. The third-order valence-corrected chi connectivity index (χ3v) is 4.00. The minimum Gasteiger partial charge on any atom is -0.380 e. The highest BCUT2D eigenvalue weighted by Gasteiger charge is 2.07. The topological polar surface area (TPSA) is 47.0 Å². The Bertz CT molecular complexity index is 524. The van der Waals surface area contributed by atoms with Crippen LogP contribution in [0.25, 0.3) is 10.2 Å². The van der Waals surface area contributed by atoms with Gasteiger partial charge in [-0.2, -0.15) is 0 Å². The fourth-order valence-corrected chi connectivity index (χ4v) is 2.73. The van der Waals surface area contributed by atoms with Crippen molar-refractivity contribution in [3.8, 4) is 0 Å². The van der Waals surface area contributed by atoms with E-state index in [1.54, 1.807) is 17.7 Å². The summed E-state index contributed by atoms with van der Waals surface area (Å²) in [6.07, 6.45) is 2.73. The van der Waals surface area contributed by atoms with Crippen molar-refractivity contribution in [1.29, 1.82) is 0 Å². The van der Waals surface area contributed by atoms with Gasteiger partial charge in [0.05, 0.1) is 16.8 Å². The summed E-state index contributed by atoms with van der Waals surface area (Å²) >= 11 is 1.68. The zero-order chi connectivity index (χ0) is 13.7. The van der Waals surface area contributed by atoms with E-state index in [0.717, 1.165) is 35.6 Å². The van der Waals surface area contributed by atoms with E-state index < -0.39 is 0 Å². The average Bonchev–Trinajstić information content (AvgIpc) is 2.76. The minimum atomic E-state index is 0.698. The number of hydrogen-bond acceptors (Lipinski definition) is 5. The molecule has 2 aromatic heterocycles. The highest BCUT2D eigenvalue weighted by Crippen LogP contribution is 2.28. The molecule has 0 fully saturated rings.